The van der Waals surface area contributed by atoms with Crippen molar-refractivity contribution < 1.29 is 0 Å². The number of halogens is 1. The van der Waals surface area contributed by atoms with Crippen LogP contribution < -0.4 is 10.9 Å². The number of nitrogens with one attached hydrogen (secondary N) is 1. The summed E-state index contributed by atoms with van der Waals surface area (Å²) in [5, 5.41) is 7.39. The quantitative estimate of drug-likeness (QED) is 0.835. The van der Waals surface area contributed by atoms with Gasteiger partial charge in [-0.2, -0.15) is 5.10 Å². The van der Waals surface area contributed by atoms with E-state index in [0.717, 1.165) is 19.5 Å². The second kappa shape index (κ2) is 6.61. The van der Waals surface area contributed by atoms with E-state index in [4.69, 9.17) is 11.6 Å². The number of aromatic nitrogens is 2. The van der Waals surface area contributed by atoms with Crippen LogP contribution in [0.1, 0.15) is 13.3 Å². The van der Waals surface area contributed by atoms with Gasteiger partial charge in [-0.05, 0) is 20.5 Å². The molecule has 0 radical (unpaired) electrons. The molecule has 1 heterocycles. The Labute approximate surface area is 106 Å². The standard InChI is InChI=1S/C11H19ClN4O/c1-4-5-13-9-8-14-16(7-6-15(2)3)11(17)10(9)12/h8,13H,4-7H2,1-3H3. The highest BCUT2D eigenvalue weighted by Gasteiger charge is 2.08. The van der Waals surface area contributed by atoms with Crippen molar-refractivity contribution in [2.24, 2.45) is 0 Å². The molecule has 5 nitrogen and oxygen atoms in total. The van der Waals surface area contributed by atoms with Gasteiger partial charge < -0.3 is 10.2 Å². The van der Waals surface area contributed by atoms with Crippen LogP contribution in [0.5, 0.6) is 0 Å². The molecule has 0 aromatic carbocycles. The van der Waals surface area contributed by atoms with Gasteiger partial charge in [-0.1, -0.05) is 18.5 Å². The van der Waals surface area contributed by atoms with E-state index >= 15 is 0 Å². The molecule has 0 bridgehead atoms. The third-order valence-electron chi connectivity index (χ3n) is 2.31. The molecule has 0 aliphatic heterocycles. The van der Waals surface area contributed by atoms with Gasteiger partial charge in [-0.15, -0.1) is 0 Å². The van der Waals surface area contributed by atoms with Gasteiger partial charge in [0.25, 0.3) is 5.56 Å². The minimum absolute atomic E-state index is 0.215. The average molecular weight is 259 g/mol. The highest BCUT2D eigenvalue weighted by molar-refractivity contribution is 6.32. The zero-order valence-electron chi connectivity index (χ0n) is 10.5. The number of anilines is 1. The minimum Gasteiger partial charge on any atom is -0.382 e. The van der Waals surface area contributed by atoms with Crippen molar-refractivity contribution in [2.45, 2.75) is 19.9 Å². The van der Waals surface area contributed by atoms with Crippen LogP contribution in [0, 0.1) is 0 Å². The largest absolute Gasteiger partial charge is 0.382 e. The molecule has 0 saturated heterocycles. The van der Waals surface area contributed by atoms with Crippen LogP contribution in [0.15, 0.2) is 11.0 Å². The molecule has 0 aliphatic carbocycles. The molecule has 0 spiro atoms. The van der Waals surface area contributed by atoms with E-state index in [0.29, 0.717) is 12.2 Å². The van der Waals surface area contributed by atoms with E-state index in [1.54, 1.807) is 6.20 Å². The molecular weight excluding hydrogens is 240 g/mol. The predicted octanol–water partition coefficient (Wildman–Crippen LogP) is 1.28. The van der Waals surface area contributed by atoms with Gasteiger partial charge in [0.2, 0.25) is 0 Å². The summed E-state index contributed by atoms with van der Waals surface area (Å²) in [5.74, 6) is 0. The molecule has 0 aliphatic rings. The molecule has 0 amide bonds. The Kier molecular flexibility index (Phi) is 5.44. The number of rotatable bonds is 6. The van der Waals surface area contributed by atoms with Crippen molar-refractivity contribution in [3.05, 3.63) is 21.6 Å². The monoisotopic (exact) mass is 258 g/mol. The predicted molar refractivity (Wildman–Crippen MR) is 70.8 cm³/mol. The van der Waals surface area contributed by atoms with Crippen LogP contribution in [0.3, 0.4) is 0 Å². The maximum Gasteiger partial charge on any atom is 0.287 e. The van der Waals surface area contributed by atoms with Crippen molar-refractivity contribution in [3.63, 3.8) is 0 Å². The fourth-order valence-corrected chi connectivity index (χ4v) is 1.52. The SMILES string of the molecule is CCCNc1cnn(CCN(C)C)c(=O)c1Cl. The zero-order chi connectivity index (χ0) is 12.8. The van der Waals surface area contributed by atoms with Crippen molar-refractivity contribution in [2.75, 3.05) is 32.5 Å². The number of hydrogen-bond donors (Lipinski definition) is 1. The van der Waals surface area contributed by atoms with Gasteiger partial charge in [-0.3, -0.25) is 4.79 Å². The lowest BCUT2D eigenvalue weighted by Gasteiger charge is -2.12. The average Bonchev–Trinajstić information content (AvgIpc) is 2.29. The smallest absolute Gasteiger partial charge is 0.287 e. The second-order valence-corrected chi connectivity index (χ2v) is 4.51. The molecule has 17 heavy (non-hydrogen) atoms. The maximum atomic E-state index is 11.9. The first-order chi connectivity index (χ1) is 8.06. The molecule has 0 saturated carbocycles. The van der Waals surface area contributed by atoms with E-state index in [1.807, 2.05) is 25.9 Å². The summed E-state index contributed by atoms with van der Waals surface area (Å²) in [4.78, 5) is 13.9. The van der Waals surface area contributed by atoms with E-state index in [2.05, 4.69) is 10.4 Å². The van der Waals surface area contributed by atoms with Crippen molar-refractivity contribution in [3.8, 4) is 0 Å². The summed E-state index contributed by atoms with van der Waals surface area (Å²) in [7, 11) is 3.90. The summed E-state index contributed by atoms with van der Waals surface area (Å²) < 4.78 is 1.39. The molecule has 0 fully saturated rings. The van der Waals surface area contributed by atoms with Crippen molar-refractivity contribution in [1.82, 2.24) is 14.7 Å². The molecule has 1 rings (SSSR count). The van der Waals surface area contributed by atoms with Crippen LogP contribution in [0.4, 0.5) is 5.69 Å². The highest BCUT2D eigenvalue weighted by Crippen LogP contribution is 2.14. The third-order valence-corrected chi connectivity index (χ3v) is 2.67. The first-order valence-corrected chi connectivity index (χ1v) is 6.08. The van der Waals surface area contributed by atoms with Gasteiger partial charge in [0.1, 0.15) is 5.02 Å². The van der Waals surface area contributed by atoms with Crippen LogP contribution in [0.2, 0.25) is 5.02 Å². The van der Waals surface area contributed by atoms with Crippen LogP contribution >= 0.6 is 11.6 Å². The summed E-state index contributed by atoms with van der Waals surface area (Å²) in [6.07, 6.45) is 2.58. The van der Waals surface area contributed by atoms with Crippen LogP contribution in [0.25, 0.3) is 0 Å². The first kappa shape index (κ1) is 14.0. The number of nitrogens with zero attached hydrogens (tertiary/aromatic N) is 3. The lowest BCUT2D eigenvalue weighted by atomic mass is 10.4. The Hall–Kier alpha value is -1.07. The van der Waals surface area contributed by atoms with E-state index in [9.17, 15) is 4.79 Å². The Morgan fingerprint density at radius 3 is 2.82 bits per heavy atom. The Balaban J connectivity index is 2.83. The number of likely N-dealkylation sites (N-methyl/N-ethyl adjacent to an activating group) is 1. The summed E-state index contributed by atoms with van der Waals surface area (Å²) in [5.41, 5.74) is 0.370. The normalized spacial score (nSPS) is 10.9. The fourth-order valence-electron chi connectivity index (χ4n) is 1.30. The molecule has 1 aromatic rings. The molecule has 6 heteroatoms. The molecular formula is C11H19ClN4O. The molecule has 0 unspecified atom stereocenters. The van der Waals surface area contributed by atoms with E-state index in [1.165, 1.54) is 4.68 Å². The maximum absolute atomic E-state index is 11.9. The van der Waals surface area contributed by atoms with Gasteiger partial charge in [0.05, 0.1) is 18.4 Å². The first-order valence-electron chi connectivity index (χ1n) is 5.70. The van der Waals surface area contributed by atoms with Gasteiger partial charge >= 0.3 is 0 Å². The molecule has 1 aromatic heterocycles. The summed E-state index contributed by atoms with van der Waals surface area (Å²) in [6.45, 7) is 4.12. The van der Waals surface area contributed by atoms with Crippen molar-refractivity contribution >= 4 is 17.3 Å². The van der Waals surface area contributed by atoms with E-state index < -0.39 is 0 Å². The summed E-state index contributed by atoms with van der Waals surface area (Å²) >= 11 is 6.00. The highest BCUT2D eigenvalue weighted by atomic mass is 35.5. The Morgan fingerprint density at radius 2 is 2.24 bits per heavy atom. The lowest BCUT2D eigenvalue weighted by molar-refractivity contribution is 0.367. The van der Waals surface area contributed by atoms with Crippen molar-refractivity contribution in [1.29, 1.82) is 0 Å². The number of hydrogen-bond acceptors (Lipinski definition) is 4. The topological polar surface area (TPSA) is 50.2 Å². The van der Waals surface area contributed by atoms with Gasteiger partial charge in [0, 0.05) is 13.1 Å². The Morgan fingerprint density at radius 1 is 1.53 bits per heavy atom. The fraction of sp³-hybridized carbons (Fsp3) is 0.636. The minimum atomic E-state index is -0.241. The zero-order valence-corrected chi connectivity index (χ0v) is 11.3. The lowest BCUT2D eigenvalue weighted by Crippen LogP contribution is -2.29. The molecule has 1 N–H and O–H groups in total. The van der Waals surface area contributed by atoms with Gasteiger partial charge in [0.15, 0.2) is 0 Å². The summed E-state index contributed by atoms with van der Waals surface area (Å²) in [6, 6.07) is 0. The van der Waals surface area contributed by atoms with Crippen LogP contribution in [-0.4, -0.2) is 41.9 Å². The molecule has 96 valence electrons. The van der Waals surface area contributed by atoms with E-state index in [-0.39, 0.29) is 10.6 Å². The molecule has 0 atom stereocenters. The second-order valence-electron chi connectivity index (χ2n) is 4.13. The third kappa shape index (κ3) is 4.02. The van der Waals surface area contributed by atoms with Crippen LogP contribution in [-0.2, 0) is 6.54 Å². The van der Waals surface area contributed by atoms with Gasteiger partial charge in [-0.25, -0.2) is 4.68 Å². The Bertz CT molecular complexity index is 416.